The molecule has 2 unspecified atom stereocenters. The van der Waals surface area contributed by atoms with Crippen molar-refractivity contribution in [1.29, 1.82) is 0 Å². The van der Waals surface area contributed by atoms with Crippen molar-refractivity contribution >= 4 is 22.7 Å². The van der Waals surface area contributed by atoms with Gasteiger partial charge in [0.05, 0.1) is 18.0 Å². The molecule has 1 amide bonds. The van der Waals surface area contributed by atoms with Crippen LogP contribution < -0.4 is 4.90 Å². The predicted molar refractivity (Wildman–Crippen MR) is 123 cm³/mol. The minimum atomic E-state index is -0.296. The Morgan fingerprint density at radius 3 is 2.85 bits per heavy atom. The zero-order valence-corrected chi connectivity index (χ0v) is 18.6. The summed E-state index contributed by atoms with van der Waals surface area (Å²) < 4.78 is 24.4. The Bertz CT molecular complexity index is 1170. The lowest BCUT2D eigenvalue weighted by Crippen LogP contribution is -2.35. The number of piperidine rings is 1. The first-order chi connectivity index (χ1) is 16.2. The topological polar surface area (TPSA) is 58.8 Å². The lowest BCUT2D eigenvalue weighted by molar-refractivity contribution is 0.143. The second-order valence-corrected chi connectivity index (χ2v) is 9.65. The number of carbonyl (C=O) groups excluding carboxylic acids is 1. The fourth-order valence-electron chi connectivity index (χ4n) is 5.47. The number of para-hydroxylation sites is 1. The fraction of sp³-hybridized carbons (Fsp3) is 0.462. The Morgan fingerprint density at radius 1 is 1.12 bits per heavy atom. The van der Waals surface area contributed by atoms with Crippen molar-refractivity contribution in [3.05, 3.63) is 59.5 Å². The second kappa shape index (κ2) is 8.45. The summed E-state index contributed by atoms with van der Waals surface area (Å²) in [5, 5.41) is 5.18. The number of fused-ring (bicyclic) bond motifs is 2. The maximum Gasteiger partial charge on any atom is 0.414 e. The van der Waals surface area contributed by atoms with Crippen LogP contribution in [0.4, 0.5) is 14.9 Å². The molecule has 2 aliphatic heterocycles. The highest BCUT2D eigenvalue weighted by Crippen LogP contribution is 2.41. The van der Waals surface area contributed by atoms with E-state index in [-0.39, 0.29) is 11.9 Å². The Balaban J connectivity index is 0.959. The highest BCUT2D eigenvalue weighted by molar-refractivity contribution is 5.90. The van der Waals surface area contributed by atoms with Crippen molar-refractivity contribution in [3.8, 4) is 0 Å². The van der Waals surface area contributed by atoms with Gasteiger partial charge in [-0.3, -0.25) is 4.90 Å². The molecule has 0 N–H and O–H groups in total. The number of ether oxygens (including phenoxy) is 1. The minimum Gasteiger partial charge on any atom is -0.449 e. The van der Waals surface area contributed by atoms with Gasteiger partial charge >= 0.3 is 6.09 Å². The van der Waals surface area contributed by atoms with Gasteiger partial charge in [-0.15, -0.1) is 0 Å². The summed E-state index contributed by atoms with van der Waals surface area (Å²) in [6.07, 6.45) is 3.86. The third-order valence-electron chi connectivity index (χ3n) is 7.53. The average Bonchev–Trinajstić information content (AvgIpc) is 3.23. The van der Waals surface area contributed by atoms with E-state index < -0.39 is 0 Å². The lowest BCUT2D eigenvalue weighted by Gasteiger charge is -2.31. The molecule has 3 aromatic rings. The normalized spacial score (nSPS) is 23.1. The molecular formula is C26H28FN3O3. The summed E-state index contributed by atoms with van der Waals surface area (Å²) in [6, 6.07) is 12.7. The molecular weight excluding hydrogens is 421 g/mol. The van der Waals surface area contributed by atoms with E-state index in [4.69, 9.17) is 9.26 Å². The quantitative estimate of drug-likeness (QED) is 0.550. The molecule has 1 aromatic heterocycles. The number of carbonyl (C=O) groups is 1. The second-order valence-electron chi connectivity index (χ2n) is 9.65. The van der Waals surface area contributed by atoms with E-state index >= 15 is 0 Å². The van der Waals surface area contributed by atoms with Crippen molar-refractivity contribution in [2.45, 2.75) is 31.6 Å². The van der Waals surface area contributed by atoms with Crippen LogP contribution in [0.5, 0.6) is 0 Å². The van der Waals surface area contributed by atoms with Crippen LogP contribution in [0.25, 0.3) is 11.0 Å². The maximum atomic E-state index is 13.4. The standard InChI is InChI=1S/C26H28FN3O3/c27-21-5-6-22-24(14-21)33-28-25(22)18-7-10-29(11-8-18)15-19-13-20(19)16-32-26(31)30-12-9-17-3-1-2-4-23(17)30/h1-6,14,18-20H,7-13,15-16H2. The molecule has 3 aliphatic rings. The van der Waals surface area contributed by atoms with Gasteiger partial charge < -0.3 is 14.2 Å². The van der Waals surface area contributed by atoms with Gasteiger partial charge in [-0.05, 0) is 74.4 Å². The van der Waals surface area contributed by atoms with Crippen LogP contribution in [-0.4, -0.2) is 48.9 Å². The fourth-order valence-corrected chi connectivity index (χ4v) is 5.47. The highest BCUT2D eigenvalue weighted by atomic mass is 19.1. The summed E-state index contributed by atoms with van der Waals surface area (Å²) >= 11 is 0. The van der Waals surface area contributed by atoms with E-state index in [1.807, 2.05) is 18.2 Å². The summed E-state index contributed by atoms with van der Waals surface area (Å²) in [6.45, 7) is 4.32. The SMILES string of the molecule is O=C(OCC1CC1CN1CCC(c2noc3cc(F)ccc23)CC1)N1CCc2ccccc21. The number of nitrogens with zero attached hydrogens (tertiary/aromatic N) is 3. The van der Waals surface area contributed by atoms with E-state index in [0.29, 0.717) is 36.5 Å². The van der Waals surface area contributed by atoms with E-state index in [2.05, 4.69) is 16.1 Å². The molecule has 3 heterocycles. The Morgan fingerprint density at radius 2 is 1.97 bits per heavy atom. The Kier molecular flexibility index (Phi) is 5.29. The number of hydrogen-bond donors (Lipinski definition) is 0. The smallest absolute Gasteiger partial charge is 0.414 e. The van der Waals surface area contributed by atoms with Gasteiger partial charge in [0.2, 0.25) is 0 Å². The van der Waals surface area contributed by atoms with Crippen molar-refractivity contribution in [3.63, 3.8) is 0 Å². The molecule has 1 saturated carbocycles. The largest absolute Gasteiger partial charge is 0.449 e. The molecule has 172 valence electrons. The number of aromatic nitrogens is 1. The Hall–Kier alpha value is -2.93. The molecule has 2 fully saturated rings. The summed E-state index contributed by atoms with van der Waals surface area (Å²) in [4.78, 5) is 16.8. The van der Waals surface area contributed by atoms with Gasteiger partial charge in [-0.25, -0.2) is 9.18 Å². The zero-order chi connectivity index (χ0) is 22.4. The van der Waals surface area contributed by atoms with E-state index in [0.717, 1.165) is 62.1 Å². The molecule has 1 saturated heterocycles. The zero-order valence-electron chi connectivity index (χ0n) is 18.6. The molecule has 1 aliphatic carbocycles. The lowest BCUT2D eigenvalue weighted by atomic mass is 9.91. The predicted octanol–water partition coefficient (Wildman–Crippen LogP) is 4.98. The summed E-state index contributed by atoms with van der Waals surface area (Å²) in [5.74, 6) is 1.14. The average molecular weight is 450 g/mol. The molecule has 33 heavy (non-hydrogen) atoms. The first-order valence-electron chi connectivity index (χ1n) is 11.9. The van der Waals surface area contributed by atoms with Crippen LogP contribution in [-0.2, 0) is 11.2 Å². The molecule has 0 radical (unpaired) electrons. The number of halogens is 1. The third-order valence-corrected chi connectivity index (χ3v) is 7.53. The maximum absolute atomic E-state index is 13.4. The van der Waals surface area contributed by atoms with Gasteiger partial charge in [0.15, 0.2) is 5.58 Å². The Labute approximate surface area is 192 Å². The monoisotopic (exact) mass is 449 g/mol. The van der Waals surface area contributed by atoms with Gasteiger partial charge in [0, 0.05) is 30.5 Å². The number of hydrogen-bond acceptors (Lipinski definition) is 5. The number of anilines is 1. The van der Waals surface area contributed by atoms with Crippen LogP contribution in [0.1, 0.15) is 36.4 Å². The molecule has 6 rings (SSSR count). The number of benzene rings is 2. The first kappa shape index (κ1) is 20.7. The molecule has 6 nitrogen and oxygen atoms in total. The van der Waals surface area contributed by atoms with Crippen molar-refractivity contribution in [2.75, 3.05) is 37.7 Å². The molecule has 0 bridgehead atoms. The van der Waals surface area contributed by atoms with Crippen LogP contribution >= 0.6 is 0 Å². The number of amides is 1. The molecule has 0 spiro atoms. The van der Waals surface area contributed by atoms with Crippen molar-refractivity contribution < 1.29 is 18.4 Å². The van der Waals surface area contributed by atoms with Gasteiger partial charge in [-0.1, -0.05) is 23.4 Å². The summed E-state index contributed by atoms with van der Waals surface area (Å²) in [7, 11) is 0. The van der Waals surface area contributed by atoms with Gasteiger partial charge in [0.25, 0.3) is 0 Å². The van der Waals surface area contributed by atoms with Gasteiger partial charge in [0.1, 0.15) is 5.82 Å². The van der Waals surface area contributed by atoms with Crippen LogP contribution in [0, 0.1) is 17.7 Å². The molecule has 7 heteroatoms. The highest BCUT2D eigenvalue weighted by Gasteiger charge is 2.40. The van der Waals surface area contributed by atoms with Crippen molar-refractivity contribution in [1.82, 2.24) is 10.1 Å². The van der Waals surface area contributed by atoms with Crippen LogP contribution in [0.2, 0.25) is 0 Å². The number of likely N-dealkylation sites (tertiary alicyclic amines) is 1. The minimum absolute atomic E-state index is 0.217. The van der Waals surface area contributed by atoms with E-state index in [1.165, 1.54) is 17.7 Å². The van der Waals surface area contributed by atoms with Crippen LogP contribution in [0.3, 0.4) is 0 Å². The third kappa shape index (κ3) is 4.10. The first-order valence-corrected chi connectivity index (χ1v) is 11.9. The van der Waals surface area contributed by atoms with E-state index in [1.54, 1.807) is 11.0 Å². The molecule has 2 atom stereocenters. The van der Waals surface area contributed by atoms with Crippen LogP contribution in [0.15, 0.2) is 47.0 Å². The van der Waals surface area contributed by atoms with E-state index in [9.17, 15) is 9.18 Å². The molecule has 2 aromatic carbocycles. The van der Waals surface area contributed by atoms with Crippen molar-refractivity contribution in [2.24, 2.45) is 11.8 Å². The summed E-state index contributed by atoms with van der Waals surface area (Å²) in [5.41, 5.74) is 3.69. The number of rotatable bonds is 5. The van der Waals surface area contributed by atoms with Gasteiger partial charge in [-0.2, -0.15) is 0 Å².